The highest BCUT2D eigenvalue weighted by atomic mass is 32.1. The largest absolute Gasteiger partial charge is 0.311 e. The van der Waals surface area contributed by atoms with Crippen LogP contribution in [0.15, 0.2) is 29.4 Å². The van der Waals surface area contributed by atoms with Crippen LogP contribution in [-0.2, 0) is 13.1 Å². The van der Waals surface area contributed by atoms with Crippen LogP contribution < -0.4 is 5.32 Å². The van der Waals surface area contributed by atoms with Gasteiger partial charge >= 0.3 is 0 Å². The maximum atomic E-state index is 4.20. The topological polar surface area (TPSA) is 42.7 Å². The fraction of sp³-hybridized carbons (Fsp3) is 0.400. The normalized spacial score (nSPS) is 10.7. The second-order valence-corrected chi connectivity index (χ2v) is 4.00. The maximum Gasteiger partial charge on any atom is 0.0795 e. The fourth-order valence-electron chi connectivity index (χ4n) is 1.34. The summed E-state index contributed by atoms with van der Waals surface area (Å²) in [6.07, 6.45) is 4.88. The van der Waals surface area contributed by atoms with E-state index in [2.05, 4.69) is 20.8 Å². The molecule has 0 radical (unpaired) electrons. The monoisotopic (exact) mass is 222 g/mol. The van der Waals surface area contributed by atoms with E-state index in [1.165, 1.54) is 0 Å². The Morgan fingerprint density at radius 3 is 3.20 bits per heavy atom. The van der Waals surface area contributed by atoms with Gasteiger partial charge in [-0.1, -0.05) is 0 Å². The lowest BCUT2D eigenvalue weighted by Gasteiger charge is -2.02. The van der Waals surface area contributed by atoms with Crippen LogP contribution in [0.2, 0.25) is 0 Å². The molecule has 1 N–H and O–H groups in total. The molecule has 2 rings (SSSR count). The number of aryl methyl sites for hydroxylation is 1. The Morgan fingerprint density at radius 2 is 2.47 bits per heavy atom. The molecule has 2 heterocycles. The van der Waals surface area contributed by atoms with Crippen LogP contribution in [-0.4, -0.2) is 21.3 Å². The van der Waals surface area contributed by atoms with Crippen LogP contribution in [0, 0.1) is 0 Å². The first-order chi connectivity index (χ1) is 7.45. The molecular weight excluding hydrogens is 208 g/mol. The lowest BCUT2D eigenvalue weighted by Crippen LogP contribution is -2.16. The quantitative estimate of drug-likeness (QED) is 0.754. The highest BCUT2D eigenvalue weighted by Gasteiger charge is 1.94. The molecule has 0 fully saturated rings. The minimum atomic E-state index is 0.864. The van der Waals surface area contributed by atoms with Gasteiger partial charge in [-0.05, 0) is 19.0 Å². The second-order valence-electron chi connectivity index (χ2n) is 3.28. The summed E-state index contributed by atoms with van der Waals surface area (Å²) in [5.41, 5.74) is 2.99. The first-order valence-electron chi connectivity index (χ1n) is 5.00. The molecule has 0 bridgehead atoms. The minimum Gasteiger partial charge on any atom is -0.311 e. The predicted octanol–water partition coefficient (Wildman–Crippen LogP) is 1.52. The number of rotatable bonds is 6. The molecule has 0 atom stereocenters. The van der Waals surface area contributed by atoms with Gasteiger partial charge in [-0.15, -0.1) is 11.3 Å². The third kappa shape index (κ3) is 3.45. The van der Waals surface area contributed by atoms with E-state index in [-0.39, 0.29) is 0 Å². The summed E-state index contributed by atoms with van der Waals surface area (Å²) in [4.78, 5) is 4.20. The third-order valence-corrected chi connectivity index (χ3v) is 2.72. The maximum absolute atomic E-state index is 4.20. The first-order valence-corrected chi connectivity index (χ1v) is 5.94. The van der Waals surface area contributed by atoms with Crippen LogP contribution in [0.4, 0.5) is 0 Å². The Kier molecular flexibility index (Phi) is 3.87. The van der Waals surface area contributed by atoms with Gasteiger partial charge in [0.25, 0.3) is 0 Å². The van der Waals surface area contributed by atoms with E-state index in [9.17, 15) is 0 Å². The van der Waals surface area contributed by atoms with E-state index in [1.807, 2.05) is 28.7 Å². The van der Waals surface area contributed by atoms with Crippen molar-refractivity contribution in [3.05, 3.63) is 35.0 Å². The van der Waals surface area contributed by atoms with Gasteiger partial charge in [0.1, 0.15) is 0 Å². The molecule has 0 amide bonds. The number of aromatic nitrogens is 3. The molecule has 0 aliphatic carbocycles. The van der Waals surface area contributed by atoms with Gasteiger partial charge in [-0.3, -0.25) is 4.68 Å². The van der Waals surface area contributed by atoms with Crippen LogP contribution in [0.3, 0.4) is 0 Å². The van der Waals surface area contributed by atoms with Gasteiger partial charge in [-0.2, -0.15) is 5.10 Å². The Balaban J connectivity index is 1.56. The zero-order valence-electron chi connectivity index (χ0n) is 8.47. The van der Waals surface area contributed by atoms with Gasteiger partial charge < -0.3 is 5.32 Å². The standard InChI is InChI=1S/C10H14N4S/c1(5-14-6-2-4-13-14)3-11-7-10-8-15-9-12-10/h2,4,6,8-9,11H,1,3,5,7H2. The van der Waals surface area contributed by atoms with Crippen molar-refractivity contribution >= 4 is 11.3 Å². The molecule has 4 nitrogen and oxygen atoms in total. The number of nitrogens with one attached hydrogen (secondary N) is 1. The predicted molar refractivity (Wildman–Crippen MR) is 60.7 cm³/mol. The molecule has 0 unspecified atom stereocenters. The summed E-state index contributed by atoms with van der Waals surface area (Å²) < 4.78 is 1.95. The summed E-state index contributed by atoms with van der Waals surface area (Å²) in [5.74, 6) is 0. The number of nitrogens with zero attached hydrogens (tertiary/aromatic N) is 3. The minimum absolute atomic E-state index is 0.864. The van der Waals surface area contributed by atoms with Gasteiger partial charge in [-0.25, -0.2) is 4.98 Å². The summed E-state index contributed by atoms with van der Waals surface area (Å²) >= 11 is 1.64. The van der Waals surface area contributed by atoms with E-state index in [0.717, 1.165) is 31.7 Å². The zero-order chi connectivity index (χ0) is 10.3. The SMILES string of the molecule is c1cnn(CCCNCc2cscn2)c1. The Labute approximate surface area is 93.0 Å². The summed E-state index contributed by atoms with van der Waals surface area (Å²) in [5, 5.41) is 9.57. The van der Waals surface area contributed by atoms with Crippen molar-refractivity contribution in [1.29, 1.82) is 0 Å². The van der Waals surface area contributed by atoms with Crippen molar-refractivity contribution in [2.24, 2.45) is 0 Å². The lowest BCUT2D eigenvalue weighted by atomic mass is 10.4. The molecule has 5 heteroatoms. The highest BCUT2D eigenvalue weighted by molar-refractivity contribution is 7.07. The van der Waals surface area contributed by atoms with Crippen molar-refractivity contribution < 1.29 is 0 Å². The van der Waals surface area contributed by atoms with Crippen LogP contribution in [0.5, 0.6) is 0 Å². The Hall–Kier alpha value is -1.20. The zero-order valence-corrected chi connectivity index (χ0v) is 9.28. The lowest BCUT2D eigenvalue weighted by molar-refractivity contribution is 0.541. The molecule has 2 aromatic heterocycles. The van der Waals surface area contributed by atoms with Crippen LogP contribution in [0.25, 0.3) is 0 Å². The van der Waals surface area contributed by atoms with Gasteiger partial charge in [0, 0.05) is 30.9 Å². The van der Waals surface area contributed by atoms with Crippen molar-refractivity contribution in [3.63, 3.8) is 0 Å². The molecule has 0 spiro atoms. The third-order valence-electron chi connectivity index (χ3n) is 2.09. The molecule has 80 valence electrons. The molecule has 0 aromatic carbocycles. The molecule has 0 saturated heterocycles. The van der Waals surface area contributed by atoms with E-state index >= 15 is 0 Å². The molecule has 2 aromatic rings. The van der Waals surface area contributed by atoms with Crippen molar-refractivity contribution in [3.8, 4) is 0 Å². The van der Waals surface area contributed by atoms with Crippen LogP contribution in [0.1, 0.15) is 12.1 Å². The van der Waals surface area contributed by atoms with Crippen molar-refractivity contribution in [2.45, 2.75) is 19.5 Å². The van der Waals surface area contributed by atoms with Gasteiger partial charge in [0.2, 0.25) is 0 Å². The Morgan fingerprint density at radius 1 is 1.47 bits per heavy atom. The number of hydrogen-bond acceptors (Lipinski definition) is 4. The first kappa shape index (κ1) is 10.3. The molecule has 0 saturated carbocycles. The van der Waals surface area contributed by atoms with Crippen molar-refractivity contribution in [2.75, 3.05) is 6.54 Å². The average molecular weight is 222 g/mol. The number of thiazole rings is 1. The molecular formula is C10H14N4S. The molecule has 15 heavy (non-hydrogen) atoms. The molecule has 0 aliphatic heterocycles. The van der Waals surface area contributed by atoms with Gasteiger partial charge in [0.05, 0.1) is 11.2 Å². The van der Waals surface area contributed by atoms with E-state index < -0.39 is 0 Å². The number of hydrogen-bond donors (Lipinski definition) is 1. The average Bonchev–Trinajstić information content (AvgIpc) is 2.88. The van der Waals surface area contributed by atoms with Crippen molar-refractivity contribution in [1.82, 2.24) is 20.1 Å². The van der Waals surface area contributed by atoms with Gasteiger partial charge in [0.15, 0.2) is 0 Å². The van der Waals surface area contributed by atoms with E-state index in [4.69, 9.17) is 0 Å². The summed E-state index contributed by atoms with van der Waals surface area (Å²) in [7, 11) is 0. The smallest absolute Gasteiger partial charge is 0.0795 e. The summed E-state index contributed by atoms with van der Waals surface area (Å²) in [6, 6.07) is 1.95. The second kappa shape index (κ2) is 5.63. The Bertz CT molecular complexity index is 318. The molecule has 0 aliphatic rings. The summed E-state index contributed by atoms with van der Waals surface area (Å²) in [6.45, 7) is 2.83. The van der Waals surface area contributed by atoms with E-state index in [1.54, 1.807) is 11.3 Å². The highest BCUT2D eigenvalue weighted by Crippen LogP contribution is 1.99. The van der Waals surface area contributed by atoms with E-state index in [0.29, 0.717) is 0 Å². The van der Waals surface area contributed by atoms with Crippen LogP contribution >= 0.6 is 11.3 Å². The fourth-order valence-corrected chi connectivity index (χ4v) is 1.90.